The van der Waals surface area contributed by atoms with E-state index in [0.29, 0.717) is 60.1 Å². The number of thioether (sulfide) groups is 1. The number of ether oxygens (including phenoxy) is 1. The van der Waals surface area contributed by atoms with E-state index in [1.165, 1.54) is 12.1 Å². The van der Waals surface area contributed by atoms with Gasteiger partial charge in [-0.2, -0.15) is 5.26 Å². The maximum Gasteiger partial charge on any atom is 0.245 e. The van der Waals surface area contributed by atoms with Gasteiger partial charge < -0.3 is 14.5 Å². The smallest absolute Gasteiger partial charge is 0.245 e. The van der Waals surface area contributed by atoms with E-state index < -0.39 is 10.8 Å². The molecule has 0 radical (unpaired) electrons. The van der Waals surface area contributed by atoms with Gasteiger partial charge in [-0.3, -0.25) is 9.59 Å². The number of halogens is 3. The highest BCUT2D eigenvalue weighted by molar-refractivity contribution is 8.00. The maximum atomic E-state index is 14.0. The number of nitriles is 1. The molecule has 1 aromatic heterocycles. The Morgan fingerprint density at radius 3 is 2.63 bits per heavy atom. The largest absolute Gasteiger partial charge is 0.473 e. The first-order chi connectivity index (χ1) is 20.8. The fourth-order valence-electron chi connectivity index (χ4n) is 6.57. The molecule has 7 nitrogen and oxygen atoms in total. The van der Waals surface area contributed by atoms with E-state index in [-0.39, 0.29) is 43.2 Å². The van der Waals surface area contributed by atoms with Crippen LogP contribution in [-0.4, -0.2) is 51.8 Å². The van der Waals surface area contributed by atoms with Gasteiger partial charge in [-0.15, -0.1) is 11.8 Å². The average Bonchev–Trinajstić information content (AvgIpc) is 3.57. The van der Waals surface area contributed by atoms with Crippen molar-refractivity contribution in [1.29, 1.82) is 5.26 Å². The highest BCUT2D eigenvalue weighted by atomic mass is 35.5. The zero-order chi connectivity index (χ0) is 30.1. The first kappa shape index (κ1) is 29.7. The lowest BCUT2D eigenvalue weighted by Crippen LogP contribution is -2.52. The quantitative estimate of drug-likeness (QED) is 0.278. The minimum atomic E-state index is -0.556. The van der Waals surface area contributed by atoms with Crippen LogP contribution in [0.1, 0.15) is 48.9 Å². The van der Waals surface area contributed by atoms with Crippen LogP contribution in [0.25, 0.3) is 0 Å². The zero-order valence-electron chi connectivity index (χ0n) is 23.3. The van der Waals surface area contributed by atoms with E-state index >= 15 is 0 Å². The first-order valence-corrected chi connectivity index (χ1v) is 15.9. The molecule has 2 aliphatic heterocycles. The molecule has 3 atom stereocenters. The van der Waals surface area contributed by atoms with E-state index in [4.69, 9.17) is 38.2 Å². The van der Waals surface area contributed by atoms with Crippen LogP contribution in [0.3, 0.4) is 0 Å². The van der Waals surface area contributed by atoms with Crippen LogP contribution in [0.15, 0.2) is 59.5 Å². The number of likely N-dealkylation sites (tertiary alicyclic amines) is 2. The number of rotatable bonds is 8. The highest BCUT2D eigenvalue weighted by Crippen LogP contribution is 2.56. The van der Waals surface area contributed by atoms with Gasteiger partial charge in [0, 0.05) is 51.8 Å². The third-order valence-corrected chi connectivity index (χ3v) is 10.9. The third-order valence-electron chi connectivity index (χ3n) is 8.60. The Balaban J connectivity index is 1.31. The molecular weight excluding hydrogens is 610 g/mol. The summed E-state index contributed by atoms with van der Waals surface area (Å²) in [4.78, 5) is 35.9. The van der Waals surface area contributed by atoms with Crippen molar-refractivity contribution < 1.29 is 18.7 Å². The van der Waals surface area contributed by atoms with Crippen LogP contribution in [0.2, 0.25) is 10.0 Å². The van der Waals surface area contributed by atoms with Crippen molar-refractivity contribution in [3.63, 3.8) is 0 Å². The van der Waals surface area contributed by atoms with E-state index in [1.807, 2.05) is 17.0 Å². The monoisotopic (exact) mass is 638 g/mol. The number of benzene rings is 2. The second kappa shape index (κ2) is 12.4. The molecule has 43 heavy (non-hydrogen) atoms. The van der Waals surface area contributed by atoms with Crippen molar-refractivity contribution in [3.8, 4) is 11.9 Å². The summed E-state index contributed by atoms with van der Waals surface area (Å²) < 4.78 is 19.3. The van der Waals surface area contributed by atoms with Crippen molar-refractivity contribution >= 4 is 46.8 Å². The molecule has 0 spiro atoms. The molecule has 2 amide bonds. The molecule has 222 valence electrons. The van der Waals surface area contributed by atoms with Crippen LogP contribution in [-0.2, 0) is 27.4 Å². The van der Waals surface area contributed by atoms with Crippen LogP contribution < -0.4 is 4.74 Å². The van der Waals surface area contributed by atoms with Crippen LogP contribution in [0.5, 0.6) is 5.88 Å². The Bertz CT molecular complexity index is 1580. The Labute approximate surface area is 263 Å². The highest BCUT2D eigenvalue weighted by Gasteiger charge is 2.55. The minimum absolute atomic E-state index is 0.0663. The molecule has 3 aliphatic rings. The van der Waals surface area contributed by atoms with E-state index in [0.717, 1.165) is 16.2 Å². The van der Waals surface area contributed by atoms with E-state index in [9.17, 15) is 14.0 Å². The summed E-state index contributed by atoms with van der Waals surface area (Å²) in [7, 11) is 0. The molecule has 0 N–H and O–H groups in total. The molecule has 3 aromatic rings. The SMILES string of the molecule is N#CCCN1C(=O)CC[C@H]1C(=O)N1CCC2(Sc3ccc(F)cc3)c3ccc(OCc4c(Cl)cccc4Cl)nc3CCC12. The molecule has 0 bridgehead atoms. The molecule has 11 heteroatoms. The number of pyridine rings is 1. The van der Waals surface area contributed by atoms with Crippen molar-refractivity contribution in [3.05, 3.63) is 87.3 Å². The second-order valence-corrected chi connectivity index (χ2v) is 13.2. The Morgan fingerprint density at radius 2 is 1.88 bits per heavy atom. The van der Waals surface area contributed by atoms with Crippen molar-refractivity contribution in [1.82, 2.24) is 14.8 Å². The van der Waals surface area contributed by atoms with Gasteiger partial charge in [0.15, 0.2) is 0 Å². The topological polar surface area (TPSA) is 86.5 Å². The van der Waals surface area contributed by atoms with Gasteiger partial charge in [0.05, 0.1) is 23.3 Å². The first-order valence-electron chi connectivity index (χ1n) is 14.3. The maximum absolute atomic E-state index is 14.0. The fraction of sp³-hybridized carbons (Fsp3) is 0.375. The van der Waals surface area contributed by atoms with Gasteiger partial charge >= 0.3 is 0 Å². The lowest BCUT2D eigenvalue weighted by molar-refractivity contribution is -0.142. The second-order valence-electron chi connectivity index (χ2n) is 11.0. The number of carbonyl (C=O) groups excluding carboxylic acids is 2. The third kappa shape index (κ3) is 5.68. The lowest BCUT2D eigenvalue weighted by Gasteiger charge is -2.43. The zero-order valence-corrected chi connectivity index (χ0v) is 25.6. The van der Waals surface area contributed by atoms with Crippen molar-refractivity contribution in [2.75, 3.05) is 13.1 Å². The predicted octanol–water partition coefficient (Wildman–Crippen LogP) is 6.55. The standard InChI is InChI=1S/C32H29Cl2FN4O3S/c33-24-3-1-4-25(34)22(24)19-42-29-13-9-23-26(37-29)10-12-28-32(23,43-21-7-5-20(35)6-8-21)15-18-39(28)31(41)27-11-14-30(40)38(27)17-2-16-36/h1,3-9,13,27-28H,2,10-12,14-15,17-19H2/t27-,28?,32?/m0/s1. The van der Waals surface area contributed by atoms with Gasteiger partial charge in [0.2, 0.25) is 17.7 Å². The van der Waals surface area contributed by atoms with Gasteiger partial charge in [-0.25, -0.2) is 9.37 Å². The Kier molecular flexibility index (Phi) is 8.54. The number of aryl methyl sites for hydroxylation is 1. The summed E-state index contributed by atoms with van der Waals surface area (Å²) in [6.07, 6.45) is 2.95. The molecule has 0 saturated carbocycles. The minimum Gasteiger partial charge on any atom is -0.473 e. The Hall–Kier alpha value is -3.32. The lowest BCUT2D eigenvalue weighted by atomic mass is 9.81. The van der Waals surface area contributed by atoms with Crippen LogP contribution in [0.4, 0.5) is 4.39 Å². The van der Waals surface area contributed by atoms with E-state index in [2.05, 4.69) is 6.07 Å². The molecule has 2 aromatic carbocycles. The van der Waals surface area contributed by atoms with E-state index in [1.54, 1.807) is 47.0 Å². The number of nitrogens with zero attached hydrogens (tertiary/aromatic N) is 4. The molecule has 3 heterocycles. The van der Waals surface area contributed by atoms with Gasteiger partial charge in [-0.1, -0.05) is 35.3 Å². The number of aromatic nitrogens is 1. The number of hydrogen-bond acceptors (Lipinski definition) is 6. The summed E-state index contributed by atoms with van der Waals surface area (Å²) in [5, 5.41) is 10.1. The van der Waals surface area contributed by atoms with Crippen LogP contribution in [0, 0.1) is 17.1 Å². The molecule has 6 rings (SSSR count). The van der Waals surface area contributed by atoms with Crippen LogP contribution >= 0.6 is 35.0 Å². The van der Waals surface area contributed by atoms with Gasteiger partial charge in [0.1, 0.15) is 18.5 Å². The number of carbonyl (C=O) groups is 2. The molecule has 1 aliphatic carbocycles. The molecule has 2 unspecified atom stereocenters. The number of fused-ring (bicyclic) bond motifs is 3. The molecule has 2 fully saturated rings. The van der Waals surface area contributed by atoms with Crippen molar-refractivity contribution in [2.24, 2.45) is 0 Å². The summed E-state index contributed by atoms with van der Waals surface area (Å²) in [6.45, 7) is 0.957. The Morgan fingerprint density at radius 1 is 1.12 bits per heavy atom. The van der Waals surface area contributed by atoms with Crippen molar-refractivity contribution in [2.45, 2.75) is 66.9 Å². The number of amides is 2. The summed E-state index contributed by atoms with van der Waals surface area (Å²) in [5.41, 5.74) is 2.61. The predicted molar refractivity (Wildman–Crippen MR) is 162 cm³/mol. The average molecular weight is 640 g/mol. The summed E-state index contributed by atoms with van der Waals surface area (Å²) in [6, 6.07) is 17.0. The van der Waals surface area contributed by atoms with Gasteiger partial charge in [0.25, 0.3) is 0 Å². The summed E-state index contributed by atoms with van der Waals surface area (Å²) in [5.74, 6) is 0.00154. The number of hydrogen-bond donors (Lipinski definition) is 0. The fourth-order valence-corrected chi connectivity index (χ4v) is 8.64. The molecular formula is C32H29Cl2FN4O3S. The summed E-state index contributed by atoms with van der Waals surface area (Å²) >= 11 is 14.3. The normalized spacial score (nSPS) is 22.7. The molecule has 2 saturated heterocycles. The van der Waals surface area contributed by atoms with Gasteiger partial charge in [-0.05, 0) is 67.6 Å².